The molecule has 38 heavy (non-hydrogen) atoms. The molecule has 1 atom stereocenters. The highest BCUT2D eigenvalue weighted by molar-refractivity contribution is 7.13. The largest absolute Gasteiger partial charge is 0.417 e. The van der Waals surface area contributed by atoms with Gasteiger partial charge < -0.3 is 16.0 Å². The van der Waals surface area contributed by atoms with Crippen molar-refractivity contribution in [2.24, 2.45) is 0 Å². The Morgan fingerprint density at radius 1 is 1.00 bits per heavy atom. The lowest BCUT2D eigenvalue weighted by atomic mass is 10.2. The van der Waals surface area contributed by atoms with Crippen molar-refractivity contribution in [3.63, 3.8) is 0 Å². The van der Waals surface area contributed by atoms with Crippen molar-refractivity contribution >= 4 is 63.5 Å². The first kappa shape index (κ1) is 27.2. The molecule has 0 aliphatic heterocycles. The summed E-state index contributed by atoms with van der Waals surface area (Å²) in [5.41, 5.74) is -0.580. The minimum absolute atomic E-state index is 0.00518. The first-order valence-corrected chi connectivity index (χ1v) is 12.2. The molecule has 0 aliphatic rings. The molecule has 4 aromatic rings. The molecule has 196 valence electrons. The Morgan fingerprint density at radius 2 is 1.74 bits per heavy atom. The zero-order chi connectivity index (χ0) is 27.4. The molecule has 2 amide bonds. The van der Waals surface area contributed by atoms with Crippen LogP contribution in [0.5, 0.6) is 0 Å². The number of hydrogen-bond acceptors (Lipinski definition) is 8. The summed E-state index contributed by atoms with van der Waals surface area (Å²) >= 11 is 12.9. The number of anilines is 3. The van der Waals surface area contributed by atoms with Crippen LogP contribution in [0.1, 0.15) is 43.7 Å². The number of amides is 2. The first-order chi connectivity index (χ1) is 18.0. The molecule has 0 radical (unpaired) electrons. The van der Waals surface area contributed by atoms with Gasteiger partial charge in [0.1, 0.15) is 21.2 Å². The van der Waals surface area contributed by atoms with Crippen LogP contribution in [0, 0.1) is 0 Å². The Kier molecular flexibility index (Phi) is 8.09. The fourth-order valence-electron chi connectivity index (χ4n) is 3.12. The molecule has 0 unspecified atom stereocenters. The summed E-state index contributed by atoms with van der Waals surface area (Å²) in [4.78, 5) is 41.6. The van der Waals surface area contributed by atoms with Gasteiger partial charge >= 0.3 is 6.18 Å². The van der Waals surface area contributed by atoms with Crippen molar-refractivity contribution in [2.45, 2.75) is 19.1 Å². The molecule has 0 aliphatic carbocycles. The predicted octanol–water partition coefficient (Wildman–Crippen LogP) is 6.14. The number of halogens is 5. The monoisotopic (exact) mass is 581 g/mol. The maximum absolute atomic E-state index is 13.1. The van der Waals surface area contributed by atoms with Crippen LogP contribution in [-0.2, 0) is 6.18 Å². The number of aromatic nitrogens is 4. The molecule has 4 rings (SSSR count). The third-order valence-electron chi connectivity index (χ3n) is 4.94. The molecule has 9 nitrogen and oxygen atoms in total. The van der Waals surface area contributed by atoms with E-state index in [9.17, 15) is 22.8 Å². The second-order valence-corrected chi connectivity index (χ2v) is 9.50. The van der Waals surface area contributed by atoms with E-state index >= 15 is 0 Å². The number of pyridine rings is 1. The lowest BCUT2D eigenvalue weighted by Crippen LogP contribution is -2.28. The van der Waals surface area contributed by atoms with E-state index in [-0.39, 0.29) is 27.1 Å². The van der Waals surface area contributed by atoms with Crippen LogP contribution in [-0.4, -0.2) is 31.8 Å². The van der Waals surface area contributed by atoms with E-state index in [0.717, 1.165) is 23.5 Å². The first-order valence-electron chi connectivity index (χ1n) is 10.6. The summed E-state index contributed by atoms with van der Waals surface area (Å²) in [7, 11) is 0. The highest BCUT2D eigenvalue weighted by Crippen LogP contribution is 2.36. The Labute approximate surface area is 227 Å². The number of benzene rings is 1. The standard InChI is InChI=1S/C23H16Cl2F3N7O2S/c1-11(33-21(37)18-17(25)19(32-10-31-18)34-12-4-6-29-7-5-12)22-30-9-16(38-22)20(36)35-13-2-3-15(24)14(8-13)23(26,27)28/h2-11H,1H3,(H,33,37)(H,35,36)(H,29,31,32,34)/t11-/m1/s1. The number of hydrogen-bond donors (Lipinski definition) is 3. The number of rotatable bonds is 7. The van der Waals surface area contributed by atoms with Crippen molar-refractivity contribution in [1.29, 1.82) is 0 Å². The fraction of sp³-hybridized carbons (Fsp3) is 0.130. The predicted molar refractivity (Wildman–Crippen MR) is 137 cm³/mol. The Bertz CT molecular complexity index is 1490. The highest BCUT2D eigenvalue weighted by Gasteiger charge is 2.33. The van der Waals surface area contributed by atoms with Gasteiger partial charge in [-0.3, -0.25) is 14.6 Å². The van der Waals surface area contributed by atoms with Gasteiger partial charge in [0.05, 0.1) is 22.8 Å². The quantitative estimate of drug-likeness (QED) is 0.239. The average Bonchev–Trinajstić information content (AvgIpc) is 3.37. The Balaban J connectivity index is 1.43. The molecule has 3 aromatic heterocycles. The molecule has 15 heteroatoms. The van der Waals surface area contributed by atoms with Crippen LogP contribution in [0.25, 0.3) is 0 Å². The van der Waals surface area contributed by atoms with Gasteiger partial charge in [-0.15, -0.1) is 11.3 Å². The Hall–Kier alpha value is -3.81. The summed E-state index contributed by atoms with van der Waals surface area (Å²) in [6, 6.07) is 5.78. The summed E-state index contributed by atoms with van der Waals surface area (Å²) in [5.74, 6) is -1.06. The Morgan fingerprint density at radius 3 is 2.45 bits per heavy atom. The normalized spacial score (nSPS) is 12.1. The lowest BCUT2D eigenvalue weighted by Gasteiger charge is -2.13. The van der Waals surface area contributed by atoms with E-state index in [2.05, 4.69) is 35.9 Å². The molecule has 0 spiro atoms. The molecule has 1 aromatic carbocycles. The van der Waals surface area contributed by atoms with E-state index in [1.54, 1.807) is 31.5 Å². The van der Waals surface area contributed by atoms with E-state index in [0.29, 0.717) is 10.7 Å². The second kappa shape index (κ2) is 11.3. The van der Waals surface area contributed by atoms with Gasteiger partial charge in [-0.05, 0) is 37.3 Å². The zero-order valence-electron chi connectivity index (χ0n) is 19.2. The van der Waals surface area contributed by atoms with E-state index in [1.165, 1.54) is 18.6 Å². The van der Waals surface area contributed by atoms with Crippen LogP contribution in [0.4, 0.5) is 30.4 Å². The molecule has 0 bridgehead atoms. The van der Waals surface area contributed by atoms with Crippen molar-refractivity contribution in [1.82, 2.24) is 25.3 Å². The smallest absolute Gasteiger partial charge is 0.342 e. The molecule has 0 fully saturated rings. The molecule has 0 saturated heterocycles. The zero-order valence-corrected chi connectivity index (χ0v) is 21.5. The number of carbonyl (C=O) groups is 2. The average molecular weight is 582 g/mol. The lowest BCUT2D eigenvalue weighted by molar-refractivity contribution is -0.137. The third kappa shape index (κ3) is 6.36. The minimum atomic E-state index is -4.68. The molecular weight excluding hydrogens is 566 g/mol. The number of nitrogens with one attached hydrogen (secondary N) is 3. The minimum Gasteiger partial charge on any atom is -0.342 e. The van der Waals surface area contributed by atoms with Crippen molar-refractivity contribution < 1.29 is 22.8 Å². The van der Waals surface area contributed by atoms with E-state index in [4.69, 9.17) is 23.2 Å². The number of carbonyl (C=O) groups excluding carboxylic acids is 2. The van der Waals surface area contributed by atoms with Gasteiger partial charge in [0.25, 0.3) is 11.8 Å². The fourth-order valence-corrected chi connectivity index (χ4v) is 4.39. The van der Waals surface area contributed by atoms with Gasteiger partial charge in [-0.25, -0.2) is 15.0 Å². The molecule has 3 N–H and O–H groups in total. The van der Waals surface area contributed by atoms with Gasteiger partial charge in [0.15, 0.2) is 11.5 Å². The van der Waals surface area contributed by atoms with E-state index in [1.807, 2.05) is 0 Å². The SMILES string of the molecule is C[C@@H](NC(=O)c1ncnc(Nc2ccncc2)c1Cl)c1ncc(C(=O)Nc2ccc(Cl)c(C(F)(F)F)c2)s1. The molecular formula is C23H16Cl2F3N7O2S. The van der Waals surface area contributed by atoms with Crippen molar-refractivity contribution in [3.8, 4) is 0 Å². The summed E-state index contributed by atoms with van der Waals surface area (Å²) < 4.78 is 39.3. The highest BCUT2D eigenvalue weighted by atomic mass is 35.5. The van der Waals surface area contributed by atoms with Gasteiger partial charge in [0.2, 0.25) is 0 Å². The summed E-state index contributed by atoms with van der Waals surface area (Å²) in [5, 5.41) is 7.95. The maximum Gasteiger partial charge on any atom is 0.417 e. The van der Waals surface area contributed by atoms with Gasteiger partial charge in [-0.2, -0.15) is 13.2 Å². The van der Waals surface area contributed by atoms with Crippen LogP contribution >= 0.6 is 34.5 Å². The maximum atomic E-state index is 13.1. The summed E-state index contributed by atoms with van der Waals surface area (Å²) in [6.07, 6.45) is 0.912. The van der Waals surface area contributed by atoms with Crippen molar-refractivity contribution in [2.75, 3.05) is 10.6 Å². The number of alkyl halides is 3. The van der Waals surface area contributed by atoms with Crippen molar-refractivity contribution in [3.05, 3.63) is 86.4 Å². The topological polar surface area (TPSA) is 122 Å². The molecule has 3 heterocycles. The van der Waals surface area contributed by atoms with Crippen LogP contribution < -0.4 is 16.0 Å². The number of thiazole rings is 1. The van der Waals surface area contributed by atoms with Crippen LogP contribution in [0.3, 0.4) is 0 Å². The third-order valence-corrected chi connectivity index (χ3v) is 6.81. The summed E-state index contributed by atoms with van der Waals surface area (Å²) in [6.45, 7) is 1.64. The second-order valence-electron chi connectivity index (χ2n) is 7.65. The molecule has 0 saturated carbocycles. The van der Waals surface area contributed by atoms with Gasteiger partial charge in [-0.1, -0.05) is 23.2 Å². The van der Waals surface area contributed by atoms with Gasteiger partial charge in [0, 0.05) is 23.8 Å². The van der Waals surface area contributed by atoms with Crippen LogP contribution in [0.15, 0.2) is 55.2 Å². The van der Waals surface area contributed by atoms with Crippen LogP contribution in [0.2, 0.25) is 10.0 Å². The number of nitrogens with zero attached hydrogens (tertiary/aromatic N) is 4. The van der Waals surface area contributed by atoms with E-state index < -0.39 is 34.6 Å².